The third kappa shape index (κ3) is 6.68. The van der Waals surface area contributed by atoms with Gasteiger partial charge in [-0.25, -0.2) is 0 Å². The monoisotopic (exact) mass is 249 g/mol. The third-order valence-corrected chi connectivity index (χ3v) is 2.60. The van der Waals surface area contributed by atoms with Crippen LogP contribution >= 0.6 is 0 Å². The van der Waals surface area contributed by atoms with E-state index in [4.69, 9.17) is 5.11 Å². The molecular weight excluding hydrogens is 230 g/mol. The van der Waals surface area contributed by atoms with Gasteiger partial charge in [-0.05, 0) is 18.4 Å². The molecule has 0 saturated carbocycles. The summed E-state index contributed by atoms with van der Waals surface area (Å²) in [6.45, 7) is 0.616. The molecule has 1 aromatic rings. The molecule has 98 valence electrons. The molecule has 18 heavy (non-hydrogen) atoms. The maximum Gasteiger partial charge on any atom is 0.303 e. The van der Waals surface area contributed by atoms with Crippen molar-refractivity contribution >= 4 is 11.9 Å². The summed E-state index contributed by atoms with van der Waals surface area (Å²) in [5.41, 5.74) is 1.00. The summed E-state index contributed by atoms with van der Waals surface area (Å²) in [6.07, 6.45) is 2.93. The first-order valence-corrected chi connectivity index (χ1v) is 6.21. The Kier molecular flexibility index (Phi) is 6.54. The molecule has 0 aliphatic rings. The first-order valence-electron chi connectivity index (χ1n) is 6.21. The molecule has 0 bridgehead atoms. The van der Waals surface area contributed by atoms with Crippen molar-refractivity contribution in [2.75, 3.05) is 6.54 Å². The number of benzene rings is 1. The van der Waals surface area contributed by atoms with Gasteiger partial charge >= 0.3 is 5.97 Å². The van der Waals surface area contributed by atoms with Crippen molar-refractivity contribution in [1.82, 2.24) is 5.32 Å². The molecule has 0 spiro atoms. The maximum atomic E-state index is 11.5. The summed E-state index contributed by atoms with van der Waals surface area (Å²) in [6, 6.07) is 9.59. The summed E-state index contributed by atoms with van der Waals surface area (Å²) in [7, 11) is 0. The summed E-state index contributed by atoms with van der Waals surface area (Å²) in [5, 5.41) is 11.3. The molecule has 0 fully saturated rings. The number of carboxylic acids is 1. The third-order valence-electron chi connectivity index (χ3n) is 2.60. The number of amides is 1. The highest BCUT2D eigenvalue weighted by Gasteiger charge is 2.02. The summed E-state index contributed by atoms with van der Waals surface area (Å²) in [4.78, 5) is 21.8. The minimum Gasteiger partial charge on any atom is -0.481 e. The van der Waals surface area contributed by atoms with E-state index >= 15 is 0 Å². The predicted octanol–water partition coefficient (Wildman–Crippen LogP) is 1.99. The zero-order chi connectivity index (χ0) is 13.2. The molecule has 1 aromatic carbocycles. The highest BCUT2D eigenvalue weighted by atomic mass is 16.4. The minimum atomic E-state index is -0.761. The fourth-order valence-corrected chi connectivity index (χ4v) is 1.65. The quantitative estimate of drug-likeness (QED) is 0.692. The molecule has 2 N–H and O–H groups in total. The van der Waals surface area contributed by atoms with Crippen LogP contribution in [-0.4, -0.2) is 23.5 Å². The van der Waals surface area contributed by atoms with Crippen LogP contribution in [0.3, 0.4) is 0 Å². The van der Waals surface area contributed by atoms with Gasteiger partial charge in [-0.3, -0.25) is 9.59 Å². The molecule has 0 aromatic heterocycles. The van der Waals surface area contributed by atoms with Gasteiger partial charge in [0, 0.05) is 13.0 Å². The van der Waals surface area contributed by atoms with Gasteiger partial charge in [0.1, 0.15) is 0 Å². The second-order valence-electron chi connectivity index (χ2n) is 4.22. The smallest absolute Gasteiger partial charge is 0.303 e. The Bertz CT molecular complexity index is 376. The van der Waals surface area contributed by atoms with Crippen LogP contribution in [0, 0.1) is 0 Å². The Morgan fingerprint density at radius 2 is 1.78 bits per heavy atom. The predicted molar refractivity (Wildman–Crippen MR) is 69.3 cm³/mol. The van der Waals surface area contributed by atoms with E-state index in [0.29, 0.717) is 19.4 Å². The number of hydrogen-bond donors (Lipinski definition) is 2. The molecule has 0 radical (unpaired) electrons. The Hall–Kier alpha value is -1.84. The molecule has 4 nitrogen and oxygen atoms in total. The van der Waals surface area contributed by atoms with E-state index in [1.54, 1.807) is 0 Å². The van der Waals surface area contributed by atoms with E-state index in [9.17, 15) is 9.59 Å². The lowest BCUT2D eigenvalue weighted by Gasteiger charge is -2.04. The molecule has 4 heteroatoms. The topological polar surface area (TPSA) is 66.4 Å². The van der Waals surface area contributed by atoms with E-state index in [0.717, 1.165) is 18.4 Å². The Labute approximate surface area is 107 Å². The number of unbranched alkanes of at least 4 members (excludes halogenated alkanes) is 2. The SMILES string of the molecule is O=C(O)CCCCCNC(=O)Cc1ccccc1. The molecule has 0 aliphatic carbocycles. The number of aliphatic carboxylic acids is 1. The Morgan fingerprint density at radius 1 is 1.06 bits per heavy atom. The molecule has 0 heterocycles. The van der Waals surface area contributed by atoms with Crippen molar-refractivity contribution in [3.63, 3.8) is 0 Å². The fraction of sp³-hybridized carbons (Fsp3) is 0.429. The Balaban J connectivity index is 2.05. The molecular formula is C14H19NO3. The van der Waals surface area contributed by atoms with E-state index in [2.05, 4.69) is 5.32 Å². The van der Waals surface area contributed by atoms with Gasteiger partial charge in [0.2, 0.25) is 5.91 Å². The van der Waals surface area contributed by atoms with Crippen molar-refractivity contribution < 1.29 is 14.7 Å². The van der Waals surface area contributed by atoms with Gasteiger partial charge in [-0.15, -0.1) is 0 Å². The zero-order valence-corrected chi connectivity index (χ0v) is 10.4. The average molecular weight is 249 g/mol. The second kappa shape index (κ2) is 8.28. The normalized spacial score (nSPS) is 10.0. The van der Waals surface area contributed by atoms with Crippen molar-refractivity contribution in [1.29, 1.82) is 0 Å². The first-order chi connectivity index (χ1) is 8.68. The highest BCUT2D eigenvalue weighted by molar-refractivity contribution is 5.78. The van der Waals surface area contributed by atoms with Gasteiger partial charge < -0.3 is 10.4 Å². The average Bonchev–Trinajstić information content (AvgIpc) is 2.34. The van der Waals surface area contributed by atoms with Gasteiger partial charge in [-0.2, -0.15) is 0 Å². The standard InChI is InChI=1S/C14H19NO3/c16-13(11-12-7-3-1-4-8-12)15-10-6-2-5-9-14(17)18/h1,3-4,7-8H,2,5-6,9-11H2,(H,15,16)(H,17,18). The zero-order valence-electron chi connectivity index (χ0n) is 10.4. The van der Waals surface area contributed by atoms with Crippen molar-refractivity contribution in [2.24, 2.45) is 0 Å². The minimum absolute atomic E-state index is 0.0134. The highest BCUT2D eigenvalue weighted by Crippen LogP contribution is 2.00. The first kappa shape index (κ1) is 14.2. The van der Waals surface area contributed by atoms with Gasteiger partial charge in [0.25, 0.3) is 0 Å². The van der Waals surface area contributed by atoms with Crippen molar-refractivity contribution in [3.05, 3.63) is 35.9 Å². The van der Waals surface area contributed by atoms with Crippen molar-refractivity contribution in [2.45, 2.75) is 32.1 Å². The number of nitrogens with one attached hydrogen (secondary N) is 1. The second-order valence-corrected chi connectivity index (χ2v) is 4.22. The fourth-order valence-electron chi connectivity index (χ4n) is 1.65. The maximum absolute atomic E-state index is 11.5. The molecule has 0 aliphatic heterocycles. The summed E-state index contributed by atoms with van der Waals surface area (Å²) < 4.78 is 0. The van der Waals surface area contributed by atoms with Crippen molar-refractivity contribution in [3.8, 4) is 0 Å². The van der Waals surface area contributed by atoms with Crippen LogP contribution in [0.25, 0.3) is 0 Å². The molecule has 0 unspecified atom stereocenters. The van der Waals surface area contributed by atoms with E-state index in [1.807, 2.05) is 30.3 Å². The molecule has 0 saturated heterocycles. The van der Waals surface area contributed by atoms with Crippen LogP contribution in [0.2, 0.25) is 0 Å². The number of carbonyl (C=O) groups is 2. The van der Waals surface area contributed by atoms with Crippen LogP contribution in [-0.2, 0) is 16.0 Å². The van der Waals surface area contributed by atoms with Gasteiger partial charge in [0.15, 0.2) is 0 Å². The van der Waals surface area contributed by atoms with E-state index in [1.165, 1.54) is 0 Å². The summed E-state index contributed by atoms with van der Waals surface area (Å²) in [5.74, 6) is -0.748. The number of carboxylic acid groups (broad SMARTS) is 1. The number of rotatable bonds is 8. The van der Waals surface area contributed by atoms with Crippen LogP contribution in [0.1, 0.15) is 31.2 Å². The van der Waals surface area contributed by atoms with Crippen LogP contribution < -0.4 is 5.32 Å². The molecule has 1 rings (SSSR count). The van der Waals surface area contributed by atoms with E-state index in [-0.39, 0.29) is 12.3 Å². The van der Waals surface area contributed by atoms with Crippen LogP contribution in [0.15, 0.2) is 30.3 Å². The number of hydrogen-bond acceptors (Lipinski definition) is 2. The molecule has 0 atom stereocenters. The van der Waals surface area contributed by atoms with Crippen LogP contribution in [0.5, 0.6) is 0 Å². The Morgan fingerprint density at radius 3 is 2.44 bits per heavy atom. The molecule has 1 amide bonds. The van der Waals surface area contributed by atoms with Gasteiger partial charge in [0.05, 0.1) is 6.42 Å². The largest absolute Gasteiger partial charge is 0.481 e. The van der Waals surface area contributed by atoms with Crippen LogP contribution in [0.4, 0.5) is 0 Å². The lowest BCUT2D eigenvalue weighted by Crippen LogP contribution is -2.26. The van der Waals surface area contributed by atoms with E-state index < -0.39 is 5.97 Å². The lowest BCUT2D eigenvalue weighted by molar-refractivity contribution is -0.137. The van der Waals surface area contributed by atoms with Gasteiger partial charge in [-0.1, -0.05) is 36.8 Å². The lowest BCUT2D eigenvalue weighted by atomic mass is 10.1. The summed E-state index contributed by atoms with van der Waals surface area (Å²) >= 11 is 0. The number of carbonyl (C=O) groups excluding carboxylic acids is 1.